The van der Waals surface area contributed by atoms with Gasteiger partial charge in [-0.2, -0.15) is 0 Å². The van der Waals surface area contributed by atoms with Gasteiger partial charge in [-0.05, 0) is 18.0 Å². The quantitative estimate of drug-likeness (QED) is 0.242. The van der Waals surface area contributed by atoms with Gasteiger partial charge in [0.25, 0.3) is 0 Å². The van der Waals surface area contributed by atoms with E-state index in [1.54, 1.807) is 0 Å². The van der Waals surface area contributed by atoms with Crippen LogP contribution >= 0.6 is 11.6 Å². The van der Waals surface area contributed by atoms with E-state index in [-0.39, 0.29) is 11.4 Å². The monoisotopic (exact) mass is 319 g/mol. The molecular formula is C18H38ClNO. The summed E-state index contributed by atoms with van der Waals surface area (Å²) in [5, 5.41) is -0.181. The molecule has 0 aliphatic carbocycles. The highest BCUT2D eigenvalue weighted by Crippen LogP contribution is 2.13. The molecule has 0 radical (unpaired) electrons. The molecule has 0 rings (SSSR count). The topological polar surface area (TPSA) is 52.1 Å². The number of halogens is 1. The first-order chi connectivity index (χ1) is 9.77. The molecule has 0 fully saturated rings. The van der Waals surface area contributed by atoms with Crippen molar-refractivity contribution in [2.75, 3.05) is 0 Å². The molecule has 0 heterocycles. The van der Waals surface area contributed by atoms with Crippen molar-refractivity contribution in [1.82, 2.24) is 6.15 Å². The average Bonchev–Trinajstić information content (AvgIpc) is 2.43. The van der Waals surface area contributed by atoms with E-state index in [1.165, 1.54) is 83.5 Å². The third-order valence-corrected chi connectivity index (χ3v) is 4.17. The summed E-state index contributed by atoms with van der Waals surface area (Å²) in [6.07, 6.45) is 20.8. The highest BCUT2D eigenvalue weighted by atomic mass is 35.5. The van der Waals surface area contributed by atoms with Crippen LogP contribution in [-0.2, 0) is 4.79 Å². The third-order valence-electron chi connectivity index (χ3n) is 3.98. The Bertz CT molecular complexity index is 209. The van der Waals surface area contributed by atoms with Crippen molar-refractivity contribution in [1.29, 1.82) is 0 Å². The molecule has 0 amide bonds. The second-order valence-corrected chi connectivity index (χ2v) is 6.48. The molecule has 0 spiro atoms. The Hall–Kier alpha value is -0.0800. The number of carbonyl (C=O) groups is 1. The zero-order chi connectivity index (χ0) is 14.9. The molecule has 21 heavy (non-hydrogen) atoms. The lowest BCUT2D eigenvalue weighted by molar-refractivity contribution is -0.111. The van der Waals surface area contributed by atoms with Crippen LogP contribution in [0.25, 0.3) is 0 Å². The first-order valence-corrected chi connectivity index (χ1v) is 9.33. The van der Waals surface area contributed by atoms with E-state index in [0.29, 0.717) is 6.42 Å². The standard InChI is InChI=1S/C18H35ClO.H3N/c1-2-3-4-5-6-7-8-9-10-11-12-13-14-15-16-17-18(19)20;/h2-17H2,1H3;1H3. The van der Waals surface area contributed by atoms with Gasteiger partial charge in [-0.1, -0.05) is 96.8 Å². The maximum absolute atomic E-state index is 10.5. The fourth-order valence-electron chi connectivity index (χ4n) is 2.64. The smallest absolute Gasteiger partial charge is 0.221 e. The van der Waals surface area contributed by atoms with Gasteiger partial charge in [-0.15, -0.1) is 0 Å². The normalized spacial score (nSPS) is 10.4. The van der Waals surface area contributed by atoms with Crippen molar-refractivity contribution in [3.63, 3.8) is 0 Å². The van der Waals surface area contributed by atoms with E-state index in [1.807, 2.05) is 0 Å². The Kier molecular flexibility index (Phi) is 22.0. The molecule has 0 aromatic rings. The minimum atomic E-state index is -0.181. The van der Waals surface area contributed by atoms with Crippen LogP contribution in [0.1, 0.15) is 110 Å². The Balaban J connectivity index is 0. The first kappa shape index (κ1) is 23.2. The third kappa shape index (κ3) is 22.3. The second-order valence-electron chi connectivity index (χ2n) is 6.05. The summed E-state index contributed by atoms with van der Waals surface area (Å²) in [6, 6.07) is 0. The van der Waals surface area contributed by atoms with Crippen LogP contribution < -0.4 is 6.15 Å². The van der Waals surface area contributed by atoms with Crippen LogP contribution in [0.3, 0.4) is 0 Å². The van der Waals surface area contributed by atoms with Gasteiger partial charge in [0.15, 0.2) is 0 Å². The molecule has 0 aliphatic heterocycles. The number of hydrogen-bond donors (Lipinski definition) is 1. The lowest BCUT2D eigenvalue weighted by Gasteiger charge is -2.03. The van der Waals surface area contributed by atoms with Crippen molar-refractivity contribution in [3.8, 4) is 0 Å². The van der Waals surface area contributed by atoms with Gasteiger partial charge in [-0.25, -0.2) is 0 Å². The molecule has 0 unspecified atom stereocenters. The molecule has 3 heteroatoms. The zero-order valence-corrected chi connectivity index (χ0v) is 15.1. The zero-order valence-electron chi connectivity index (χ0n) is 14.3. The molecule has 0 saturated heterocycles. The van der Waals surface area contributed by atoms with Gasteiger partial charge < -0.3 is 6.15 Å². The summed E-state index contributed by atoms with van der Waals surface area (Å²) >= 11 is 5.30. The Morgan fingerprint density at radius 3 is 1.19 bits per heavy atom. The van der Waals surface area contributed by atoms with E-state index in [0.717, 1.165) is 12.8 Å². The van der Waals surface area contributed by atoms with Gasteiger partial charge in [0.2, 0.25) is 5.24 Å². The highest BCUT2D eigenvalue weighted by Gasteiger charge is 1.96. The fourth-order valence-corrected chi connectivity index (χ4v) is 2.77. The van der Waals surface area contributed by atoms with Crippen molar-refractivity contribution in [2.24, 2.45) is 0 Å². The van der Waals surface area contributed by atoms with Crippen LogP contribution in [0.2, 0.25) is 0 Å². The van der Waals surface area contributed by atoms with E-state index in [9.17, 15) is 4.79 Å². The number of unbranched alkanes of at least 4 members (excludes halogenated alkanes) is 14. The molecule has 2 nitrogen and oxygen atoms in total. The molecule has 0 atom stereocenters. The van der Waals surface area contributed by atoms with Crippen molar-refractivity contribution >= 4 is 16.8 Å². The predicted octanol–water partition coefficient (Wildman–Crippen LogP) is 7.18. The minimum absolute atomic E-state index is 0. The maximum atomic E-state index is 10.5. The summed E-state index contributed by atoms with van der Waals surface area (Å²) in [7, 11) is 0. The van der Waals surface area contributed by atoms with E-state index in [4.69, 9.17) is 11.6 Å². The van der Waals surface area contributed by atoms with Gasteiger partial charge in [-0.3, -0.25) is 4.79 Å². The number of rotatable bonds is 16. The summed E-state index contributed by atoms with van der Waals surface area (Å²) in [6.45, 7) is 2.28. The molecule has 128 valence electrons. The Morgan fingerprint density at radius 1 is 0.619 bits per heavy atom. The SMILES string of the molecule is CCCCCCCCCCCCCCCCCC(=O)Cl.N. The summed E-state index contributed by atoms with van der Waals surface area (Å²) in [4.78, 5) is 10.5. The van der Waals surface area contributed by atoms with Crippen LogP contribution in [0.15, 0.2) is 0 Å². The van der Waals surface area contributed by atoms with Crippen LogP contribution in [0.4, 0.5) is 0 Å². The van der Waals surface area contributed by atoms with Crippen molar-refractivity contribution < 1.29 is 4.79 Å². The number of hydrogen-bond acceptors (Lipinski definition) is 2. The summed E-state index contributed by atoms with van der Waals surface area (Å²) in [5.74, 6) is 0. The van der Waals surface area contributed by atoms with E-state index >= 15 is 0 Å². The van der Waals surface area contributed by atoms with Crippen molar-refractivity contribution in [3.05, 3.63) is 0 Å². The summed E-state index contributed by atoms with van der Waals surface area (Å²) < 4.78 is 0. The number of carbonyl (C=O) groups excluding carboxylic acids is 1. The van der Waals surface area contributed by atoms with Gasteiger partial charge >= 0.3 is 0 Å². The predicted molar refractivity (Wildman–Crippen MR) is 95.4 cm³/mol. The molecule has 0 aliphatic rings. The molecule has 0 bridgehead atoms. The largest absolute Gasteiger partial charge is 0.344 e. The van der Waals surface area contributed by atoms with Crippen LogP contribution in [0.5, 0.6) is 0 Å². The first-order valence-electron chi connectivity index (χ1n) is 8.95. The molecule has 0 saturated carbocycles. The van der Waals surface area contributed by atoms with E-state index in [2.05, 4.69) is 6.92 Å². The van der Waals surface area contributed by atoms with Crippen molar-refractivity contribution in [2.45, 2.75) is 110 Å². The highest BCUT2D eigenvalue weighted by molar-refractivity contribution is 6.63. The van der Waals surface area contributed by atoms with Gasteiger partial charge in [0.1, 0.15) is 0 Å². The second kappa shape index (κ2) is 19.9. The Labute approximate surface area is 138 Å². The molecular weight excluding hydrogens is 282 g/mol. The lowest BCUT2D eigenvalue weighted by atomic mass is 10.0. The summed E-state index contributed by atoms with van der Waals surface area (Å²) in [5.41, 5.74) is 0. The fraction of sp³-hybridized carbons (Fsp3) is 0.944. The molecule has 0 aromatic carbocycles. The minimum Gasteiger partial charge on any atom is -0.344 e. The van der Waals surface area contributed by atoms with Crippen LogP contribution in [-0.4, -0.2) is 5.24 Å². The van der Waals surface area contributed by atoms with Gasteiger partial charge in [0.05, 0.1) is 0 Å². The average molecular weight is 320 g/mol. The van der Waals surface area contributed by atoms with E-state index < -0.39 is 0 Å². The maximum Gasteiger partial charge on any atom is 0.221 e. The van der Waals surface area contributed by atoms with Gasteiger partial charge in [0, 0.05) is 6.42 Å². The molecule has 0 aromatic heterocycles. The lowest BCUT2D eigenvalue weighted by Crippen LogP contribution is -1.86. The van der Waals surface area contributed by atoms with Crippen LogP contribution in [0, 0.1) is 0 Å². The molecule has 3 N–H and O–H groups in total. The Morgan fingerprint density at radius 2 is 0.905 bits per heavy atom.